The van der Waals surface area contributed by atoms with E-state index < -0.39 is 21.7 Å². The Morgan fingerprint density at radius 1 is 1.10 bits per heavy atom. The van der Waals surface area contributed by atoms with E-state index in [1.807, 2.05) is 18.3 Å². The summed E-state index contributed by atoms with van der Waals surface area (Å²) < 4.78 is 40.9. The number of nitrogens with one attached hydrogen (secondary N) is 2. The third-order valence-electron chi connectivity index (χ3n) is 5.47. The Kier molecular flexibility index (Phi) is 7.12. The van der Waals surface area contributed by atoms with Gasteiger partial charge in [-0.1, -0.05) is 39.0 Å². The van der Waals surface area contributed by atoms with Gasteiger partial charge in [0.2, 0.25) is 10.0 Å². The molecule has 0 unspecified atom stereocenters. The summed E-state index contributed by atoms with van der Waals surface area (Å²) >= 11 is 0. The first kappa shape index (κ1) is 23.0. The summed E-state index contributed by atoms with van der Waals surface area (Å²) in [6.07, 6.45) is 3.41. The molecule has 0 aliphatic heterocycles. The van der Waals surface area contributed by atoms with Gasteiger partial charge in [0, 0.05) is 36.7 Å². The van der Waals surface area contributed by atoms with Crippen LogP contribution in [0.4, 0.5) is 4.39 Å². The number of carbonyl (C=O) groups excluding carboxylic acids is 1. The highest BCUT2D eigenvalue weighted by atomic mass is 32.2. The highest BCUT2D eigenvalue weighted by Gasteiger charge is 2.24. The number of aromatic amines is 1. The van der Waals surface area contributed by atoms with Crippen molar-refractivity contribution in [1.82, 2.24) is 14.6 Å². The molecule has 0 aliphatic rings. The molecule has 0 atom stereocenters. The summed E-state index contributed by atoms with van der Waals surface area (Å²) in [5.41, 5.74) is 3.09. The molecule has 3 aromatic rings. The maximum Gasteiger partial charge on any atom is 0.254 e. The van der Waals surface area contributed by atoms with E-state index in [1.165, 1.54) is 15.9 Å². The highest BCUT2D eigenvalue weighted by molar-refractivity contribution is 7.89. The molecule has 0 fully saturated rings. The molecule has 2 aromatic carbocycles. The topological polar surface area (TPSA) is 82.3 Å². The van der Waals surface area contributed by atoms with E-state index in [0.29, 0.717) is 26.1 Å². The standard InChI is InChI=1S/C23H28FN3O3S/c1-4-16-8-7-9-19-17(15-26-22(16)19)12-13-25-23(28)20-14-18(10-11-21(20)24)31(29,30)27(5-2)6-3/h7-11,14-15,26H,4-6,12-13H2,1-3H3,(H,25,28). The molecule has 2 N–H and O–H groups in total. The molecule has 0 spiro atoms. The van der Waals surface area contributed by atoms with Crippen LogP contribution >= 0.6 is 0 Å². The van der Waals surface area contributed by atoms with E-state index in [4.69, 9.17) is 0 Å². The largest absolute Gasteiger partial charge is 0.361 e. The predicted molar refractivity (Wildman–Crippen MR) is 120 cm³/mol. The minimum absolute atomic E-state index is 0.0912. The quantitative estimate of drug-likeness (QED) is 0.525. The van der Waals surface area contributed by atoms with Crippen LogP contribution in [0.3, 0.4) is 0 Å². The maximum absolute atomic E-state index is 14.3. The average molecular weight is 446 g/mol. The Hall–Kier alpha value is -2.71. The fourth-order valence-electron chi connectivity index (χ4n) is 3.73. The molecule has 0 saturated heterocycles. The Morgan fingerprint density at radius 2 is 1.84 bits per heavy atom. The predicted octanol–water partition coefficient (Wildman–Crippen LogP) is 3.87. The second-order valence-electron chi connectivity index (χ2n) is 7.24. The molecule has 1 amide bonds. The third kappa shape index (κ3) is 4.65. The van der Waals surface area contributed by atoms with Crippen LogP contribution in [0.25, 0.3) is 10.9 Å². The number of sulfonamides is 1. The van der Waals surface area contributed by atoms with Crippen molar-refractivity contribution >= 4 is 26.8 Å². The summed E-state index contributed by atoms with van der Waals surface area (Å²) in [6.45, 7) is 6.44. The highest BCUT2D eigenvalue weighted by Crippen LogP contribution is 2.23. The van der Waals surface area contributed by atoms with Gasteiger partial charge in [0.05, 0.1) is 10.5 Å². The van der Waals surface area contributed by atoms with E-state index in [-0.39, 0.29) is 10.5 Å². The average Bonchev–Trinajstić information content (AvgIpc) is 3.17. The van der Waals surface area contributed by atoms with E-state index in [1.54, 1.807) is 13.8 Å². The molecule has 1 heterocycles. The molecule has 3 rings (SSSR count). The zero-order valence-electron chi connectivity index (χ0n) is 18.0. The lowest BCUT2D eigenvalue weighted by Gasteiger charge is -2.19. The van der Waals surface area contributed by atoms with Crippen LogP contribution in [0.2, 0.25) is 0 Å². The lowest BCUT2D eigenvalue weighted by atomic mass is 10.1. The fourth-order valence-corrected chi connectivity index (χ4v) is 5.22. The van der Waals surface area contributed by atoms with Crippen LogP contribution in [0, 0.1) is 5.82 Å². The second-order valence-corrected chi connectivity index (χ2v) is 9.18. The molecule has 0 saturated carbocycles. The number of hydrogen-bond acceptors (Lipinski definition) is 3. The number of para-hydroxylation sites is 1. The van der Waals surface area contributed by atoms with Gasteiger partial charge in [0.25, 0.3) is 5.91 Å². The van der Waals surface area contributed by atoms with Gasteiger partial charge in [-0.3, -0.25) is 4.79 Å². The molecule has 0 aliphatic carbocycles. The first-order valence-electron chi connectivity index (χ1n) is 10.5. The summed E-state index contributed by atoms with van der Waals surface area (Å²) in [5.74, 6) is -1.39. The van der Waals surface area contributed by atoms with Crippen LogP contribution < -0.4 is 5.32 Å². The summed E-state index contributed by atoms with van der Waals surface area (Å²) in [4.78, 5) is 15.8. The number of benzene rings is 2. The molecular formula is C23H28FN3O3S. The molecule has 166 valence electrons. The minimum Gasteiger partial charge on any atom is -0.361 e. The second kappa shape index (κ2) is 9.62. The number of rotatable bonds is 9. The number of halogens is 1. The lowest BCUT2D eigenvalue weighted by Crippen LogP contribution is -2.31. The Balaban J connectivity index is 1.74. The minimum atomic E-state index is -3.78. The summed E-state index contributed by atoms with van der Waals surface area (Å²) in [6, 6.07) is 9.44. The van der Waals surface area contributed by atoms with Gasteiger partial charge in [0.15, 0.2) is 0 Å². The Bertz CT molecular complexity index is 1180. The van der Waals surface area contributed by atoms with Crippen molar-refractivity contribution in [3.05, 3.63) is 65.1 Å². The maximum atomic E-state index is 14.3. The van der Waals surface area contributed by atoms with Gasteiger partial charge < -0.3 is 10.3 Å². The zero-order chi connectivity index (χ0) is 22.6. The summed E-state index contributed by atoms with van der Waals surface area (Å²) in [7, 11) is -3.78. The van der Waals surface area contributed by atoms with Gasteiger partial charge >= 0.3 is 0 Å². The molecule has 6 nitrogen and oxygen atoms in total. The number of aryl methyl sites for hydroxylation is 1. The van der Waals surface area contributed by atoms with Gasteiger partial charge in [-0.05, 0) is 42.2 Å². The number of amides is 1. The molecule has 0 bridgehead atoms. The van der Waals surface area contributed by atoms with Gasteiger partial charge in [-0.25, -0.2) is 12.8 Å². The summed E-state index contributed by atoms with van der Waals surface area (Å²) in [5, 5.41) is 3.81. The number of hydrogen-bond donors (Lipinski definition) is 2. The van der Waals surface area contributed by atoms with Gasteiger partial charge in [0.1, 0.15) is 5.82 Å². The van der Waals surface area contributed by atoms with Crippen LogP contribution in [0.1, 0.15) is 42.3 Å². The van der Waals surface area contributed by atoms with Crippen molar-refractivity contribution in [3.63, 3.8) is 0 Å². The first-order valence-corrected chi connectivity index (χ1v) is 11.9. The Labute approximate surface area is 182 Å². The molecule has 0 radical (unpaired) electrons. The number of nitrogens with zero attached hydrogens (tertiary/aromatic N) is 1. The van der Waals surface area contributed by atoms with Crippen molar-refractivity contribution in [3.8, 4) is 0 Å². The number of aromatic nitrogens is 1. The van der Waals surface area contributed by atoms with Crippen LogP contribution in [0.15, 0.2) is 47.5 Å². The van der Waals surface area contributed by atoms with Crippen LogP contribution in [0.5, 0.6) is 0 Å². The third-order valence-corrected chi connectivity index (χ3v) is 7.52. The molecule has 1 aromatic heterocycles. The smallest absolute Gasteiger partial charge is 0.254 e. The number of carbonyl (C=O) groups is 1. The fraction of sp³-hybridized carbons (Fsp3) is 0.348. The molecule has 31 heavy (non-hydrogen) atoms. The van der Waals surface area contributed by atoms with Gasteiger partial charge in [-0.15, -0.1) is 0 Å². The zero-order valence-corrected chi connectivity index (χ0v) is 18.9. The van der Waals surface area contributed by atoms with Crippen molar-refractivity contribution in [2.24, 2.45) is 0 Å². The van der Waals surface area contributed by atoms with Crippen LogP contribution in [-0.2, 0) is 22.9 Å². The lowest BCUT2D eigenvalue weighted by molar-refractivity contribution is 0.0950. The monoisotopic (exact) mass is 445 g/mol. The van der Waals surface area contributed by atoms with Crippen molar-refractivity contribution < 1.29 is 17.6 Å². The van der Waals surface area contributed by atoms with Crippen molar-refractivity contribution in [2.75, 3.05) is 19.6 Å². The van der Waals surface area contributed by atoms with Crippen molar-refractivity contribution in [1.29, 1.82) is 0 Å². The Morgan fingerprint density at radius 3 is 2.52 bits per heavy atom. The van der Waals surface area contributed by atoms with E-state index >= 15 is 0 Å². The number of H-pyrrole nitrogens is 1. The van der Waals surface area contributed by atoms with Gasteiger partial charge in [-0.2, -0.15) is 4.31 Å². The first-order chi connectivity index (χ1) is 14.8. The van der Waals surface area contributed by atoms with E-state index in [2.05, 4.69) is 23.3 Å². The number of fused-ring (bicyclic) bond motifs is 1. The van der Waals surface area contributed by atoms with Crippen molar-refractivity contribution in [2.45, 2.75) is 38.5 Å². The molecular weight excluding hydrogens is 417 g/mol. The van der Waals surface area contributed by atoms with Crippen LogP contribution in [-0.4, -0.2) is 43.2 Å². The SMILES string of the molecule is CCc1cccc2c(CCNC(=O)c3cc(S(=O)(=O)N(CC)CC)ccc3F)c[nH]c12. The normalized spacial score (nSPS) is 11.9. The van der Waals surface area contributed by atoms with E-state index in [0.717, 1.165) is 35.0 Å². The van der Waals surface area contributed by atoms with E-state index in [9.17, 15) is 17.6 Å². The molecule has 8 heteroatoms.